The molecule has 158 valence electrons. The Morgan fingerprint density at radius 1 is 0.903 bits per heavy atom. The topological polar surface area (TPSA) is 34.0 Å². The number of hydrogen-bond acceptors (Lipinski definition) is 1. The second-order valence-corrected chi connectivity index (χ2v) is 7.97. The van der Waals surface area contributed by atoms with Gasteiger partial charge in [0.25, 0.3) is 0 Å². The van der Waals surface area contributed by atoms with E-state index in [0.717, 1.165) is 18.5 Å². The van der Waals surface area contributed by atoms with E-state index in [1.165, 1.54) is 27.6 Å². The van der Waals surface area contributed by atoms with Gasteiger partial charge in [0.2, 0.25) is 5.91 Å². The monoisotopic (exact) mass is 410 g/mol. The quantitative estimate of drug-likeness (QED) is 0.376. The highest BCUT2D eigenvalue weighted by atomic mass is 16.1. The summed E-state index contributed by atoms with van der Waals surface area (Å²) in [6.45, 7) is 5.85. The average Bonchev–Trinajstić information content (AvgIpc) is 3.21. The minimum absolute atomic E-state index is 0.0133. The zero-order valence-electron chi connectivity index (χ0n) is 18.3. The number of carbonyl (C=O) groups is 1. The van der Waals surface area contributed by atoms with Crippen LogP contribution >= 0.6 is 0 Å². The molecule has 0 bridgehead atoms. The van der Waals surface area contributed by atoms with Crippen LogP contribution in [0.25, 0.3) is 10.9 Å². The van der Waals surface area contributed by atoms with Crippen LogP contribution in [0.5, 0.6) is 0 Å². The van der Waals surface area contributed by atoms with Crippen LogP contribution in [0.4, 0.5) is 0 Å². The molecule has 31 heavy (non-hydrogen) atoms. The fraction of sp³-hybridized carbons (Fsp3) is 0.250. The molecule has 1 amide bonds. The van der Waals surface area contributed by atoms with Crippen LogP contribution in [0.3, 0.4) is 0 Å². The Morgan fingerprint density at radius 3 is 2.29 bits per heavy atom. The van der Waals surface area contributed by atoms with Gasteiger partial charge >= 0.3 is 0 Å². The molecule has 0 saturated heterocycles. The van der Waals surface area contributed by atoms with Crippen molar-refractivity contribution in [1.29, 1.82) is 0 Å². The van der Waals surface area contributed by atoms with Gasteiger partial charge in [-0.25, -0.2) is 0 Å². The van der Waals surface area contributed by atoms with E-state index in [1.54, 1.807) is 0 Å². The van der Waals surface area contributed by atoms with E-state index in [0.29, 0.717) is 13.0 Å². The van der Waals surface area contributed by atoms with Gasteiger partial charge in [-0.3, -0.25) is 4.79 Å². The Morgan fingerprint density at radius 2 is 1.61 bits per heavy atom. The zero-order chi connectivity index (χ0) is 21.6. The van der Waals surface area contributed by atoms with Crippen molar-refractivity contribution >= 4 is 16.8 Å². The maximum absolute atomic E-state index is 13.0. The molecule has 3 nitrogen and oxygen atoms in total. The average molecular weight is 411 g/mol. The van der Waals surface area contributed by atoms with Crippen molar-refractivity contribution in [2.24, 2.45) is 0 Å². The lowest BCUT2D eigenvalue weighted by atomic mass is 9.87. The molecule has 4 aromatic rings. The van der Waals surface area contributed by atoms with Crippen LogP contribution in [-0.2, 0) is 24.3 Å². The summed E-state index contributed by atoms with van der Waals surface area (Å²) < 4.78 is 2.33. The van der Waals surface area contributed by atoms with Gasteiger partial charge in [0.05, 0.1) is 5.52 Å². The molecule has 1 aromatic heterocycles. The molecule has 3 heteroatoms. The van der Waals surface area contributed by atoms with Gasteiger partial charge in [-0.1, -0.05) is 85.8 Å². The molecule has 0 aliphatic heterocycles. The van der Waals surface area contributed by atoms with Gasteiger partial charge in [-0.15, -0.1) is 0 Å². The first-order valence-electron chi connectivity index (χ1n) is 11.2. The Labute approximate surface area is 184 Å². The minimum atomic E-state index is 0.0133. The molecule has 1 heterocycles. The van der Waals surface area contributed by atoms with Crippen LogP contribution in [-0.4, -0.2) is 10.5 Å². The van der Waals surface area contributed by atoms with Crippen molar-refractivity contribution in [3.05, 3.63) is 107 Å². The highest BCUT2D eigenvalue weighted by molar-refractivity contribution is 5.89. The van der Waals surface area contributed by atoms with Crippen LogP contribution in [0, 0.1) is 0 Å². The number of nitrogens with one attached hydrogen (secondary N) is 1. The number of para-hydroxylation sites is 1. The molecule has 0 unspecified atom stereocenters. The summed E-state index contributed by atoms with van der Waals surface area (Å²) >= 11 is 0. The lowest BCUT2D eigenvalue weighted by molar-refractivity contribution is -0.121. The van der Waals surface area contributed by atoms with Crippen molar-refractivity contribution in [2.75, 3.05) is 0 Å². The highest BCUT2D eigenvalue weighted by Gasteiger charge is 2.23. The highest BCUT2D eigenvalue weighted by Crippen LogP contribution is 2.36. The van der Waals surface area contributed by atoms with Crippen molar-refractivity contribution in [2.45, 2.75) is 45.7 Å². The third-order valence-corrected chi connectivity index (χ3v) is 6.03. The molecular formula is C28H30N2O. The normalized spacial score (nSPS) is 12.1. The molecule has 0 fully saturated rings. The molecule has 0 aliphatic rings. The van der Waals surface area contributed by atoms with Gasteiger partial charge in [0.1, 0.15) is 0 Å². The number of benzene rings is 3. The van der Waals surface area contributed by atoms with Crippen molar-refractivity contribution in [1.82, 2.24) is 9.88 Å². The van der Waals surface area contributed by atoms with Crippen LogP contribution in [0.15, 0.2) is 85.1 Å². The number of fused-ring (bicyclic) bond motifs is 1. The largest absolute Gasteiger partial charge is 0.352 e. The molecule has 0 spiro atoms. The van der Waals surface area contributed by atoms with E-state index in [4.69, 9.17) is 0 Å². The van der Waals surface area contributed by atoms with E-state index in [9.17, 15) is 4.79 Å². The van der Waals surface area contributed by atoms with Crippen LogP contribution < -0.4 is 5.32 Å². The first kappa shape index (κ1) is 20.9. The molecular weight excluding hydrogens is 380 g/mol. The minimum Gasteiger partial charge on any atom is -0.352 e. The molecule has 4 rings (SSSR count). The van der Waals surface area contributed by atoms with E-state index >= 15 is 0 Å². The van der Waals surface area contributed by atoms with E-state index in [1.807, 2.05) is 36.4 Å². The van der Waals surface area contributed by atoms with Crippen molar-refractivity contribution < 1.29 is 4.79 Å². The fourth-order valence-electron chi connectivity index (χ4n) is 4.42. The zero-order valence-corrected chi connectivity index (χ0v) is 18.3. The van der Waals surface area contributed by atoms with Crippen LogP contribution in [0.1, 0.15) is 48.4 Å². The van der Waals surface area contributed by atoms with Gasteiger partial charge < -0.3 is 9.88 Å². The molecule has 0 radical (unpaired) electrons. The Kier molecular flexibility index (Phi) is 6.51. The summed E-state index contributed by atoms with van der Waals surface area (Å²) in [6, 6.07) is 27.0. The first-order valence-corrected chi connectivity index (χ1v) is 11.2. The van der Waals surface area contributed by atoms with Crippen LogP contribution in [0.2, 0.25) is 0 Å². The Balaban J connectivity index is 1.69. The molecule has 3 aromatic carbocycles. The van der Waals surface area contributed by atoms with Gasteiger partial charge in [-0.05, 0) is 35.6 Å². The smallest absolute Gasteiger partial charge is 0.221 e. The van der Waals surface area contributed by atoms with Gasteiger partial charge in [0, 0.05) is 37.0 Å². The third-order valence-electron chi connectivity index (χ3n) is 6.03. The molecule has 1 N–H and O–H groups in total. The SMILES string of the molecule is CCc1cccc2c([C@@H](CC(=O)NCc3ccccc3)c3ccccc3)cn(CC)c12. The third kappa shape index (κ3) is 4.56. The van der Waals surface area contributed by atoms with E-state index in [2.05, 4.69) is 72.4 Å². The number of carbonyl (C=O) groups excluding carboxylic acids is 1. The maximum Gasteiger partial charge on any atom is 0.221 e. The predicted molar refractivity (Wildman–Crippen MR) is 128 cm³/mol. The maximum atomic E-state index is 13.0. The fourth-order valence-corrected chi connectivity index (χ4v) is 4.42. The molecule has 0 saturated carbocycles. The summed E-state index contributed by atoms with van der Waals surface area (Å²) in [4.78, 5) is 13.0. The molecule has 1 atom stereocenters. The first-order chi connectivity index (χ1) is 15.2. The number of aryl methyl sites for hydroxylation is 2. The summed E-state index contributed by atoms with van der Waals surface area (Å²) in [5, 5.41) is 4.37. The molecule has 0 aliphatic carbocycles. The second kappa shape index (κ2) is 9.65. The van der Waals surface area contributed by atoms with E-state index in [-0.39, 0.29) is 11.8 Å². The summed E-state index contributed by atoms with van der Waals surface area (Å²) in [5.74, 6) is 0.0844. The van der Waals surface area contributed by atoms with Gasteiger partial charge in [0.15, 0.2) is 0 Å². The number of nitrogens with zero attached hydrogens (tertiary/aromatic N) is 1. The number of hydrogen-bond donors (Lipinski definition) is 1. The lowest BCUT2D eigenvalue weighted by Crippen LogP contribution is -2.25. The standard InChI is InChI=1S/C28H30N2O/c1-3-22-16-11-17-24-26(20-30(4-2)28(22)24)25(23-14-9-6-10-15-23)18-27(31)29-19-21-12-7-5-8-13-21/h5-17,20,25H,3-4,18-19H2,1-2H3,(H,29,31)/t25-/m0/s1. The summed E-state index contributed by atoms with van der Waals surface area (Å²) in [5.41, 5.74) is 6.17. The lowest BCUT2D eigenvalue weighted by Gasteiger charge is -2.17. The number of rotatable bonds is 8. The predicted octanol–water partition coefficient (Wildman–Crippen LogP) is 6.06. The van der Waals surface area contributed by atoms with E-state index < -0.39 is 0 Å². The number of amides is 1. The van der Waals surface area contributed by atoms with Crippen molar-refractivity contribution in [3.63, 3.8) is 0 Å². The second-order valence-electron chi connectivity index (χ2n) is 7.97. The number of aromatic nitrogens is 1. The Hall–Kier alpha value is -3.33. The van der Waals surface area contributed by atoms with Gasteiger partial charge in [-0.2, -0.15) is 0 Å². The summed E-state index contributed by atoms with van der Waals surface area (Å²) in [7, 11) is 0. The van der Waals surface area contributed by atoms with Crippen molar-refractivity contribution in [3.8, 4) is 0 Å². The summed E-state index contributed by atoms with van der Waals surface area (Å²) in [6.07, 6.45) is 3.68. The Bertz CT molecular complexity index is 1150.